The molecule has 3 heteroatoms. The van der Waals surface area contributed by atoms with Gasteiger partial charge in [0.15, 0.2) is 0 Å². The van der Waals surface area contributed by atoms with Crippen molar-refractivity contribution >= 4 is 0 Å². The highest BCUT2D eigenvalue weighted by molar-refractivity contribution is 4.95. The van der Waals surface area contributed by atoms with Gasteiger partial charge >= 0.3 is 0 Å². The lowest BCUT2D eigenvalue weighted by atomic mass is 9.79. The Morgan fingerprint density at radius 2 is 1.88 bits per heavy atom. The van der Waals surface area contributed by atoms with Crippen molar-refractivity contribution in [2.24, 2.45) is 11.7 Å². The number of rotatable bonds is 2. The SMILES string of the molecule is NC(C1CCOC2(CCCC2)C1)C1CCCO1. The van der Waals surface area contributed by atoms with Crippen LogP contribution in [0.5, 0.6) is 0 Å². The monoisotopic (exact) mass is 239 g/mol. The maximum absolute atomic E-state index is 6.42. The number of nitrogens with two attached hydrogens (primary N) is 1. The Bertz CT molecular complexity index is 257. The van der Waals surface area contributed by atoms with E-state index in [0.717, 1.165) is 26.1 Å². The molecule has 2 N–H and O–H groups in total. The zero-order chi connectivity index (χ0) is 11.7. The summed E-state index contributed by atoms with van der Waals surface area (Å²) in [5.74, 6) is 0.616. The summed E-state index contributed by atoms with van der Waals surface area (Å²) in [6.07, 6.45) is 10.1. The van der Waals surface area contributed by atoms with Crippen LogP contribution >= 0.6 is 0 Å². The Morgan fingerprint density at radius 3 is 2.59 bits per heavy atom. The Kier molecular flexibility index (Phi) is 3.42. The minimum Gasteiger partial charge on any atom is -0.377 e. The molecule has 3 aliphatic rings. The molecule has 1 aliphatic carbocycles. The van der Waals surface area contributed by atoms with Crippen LogP contribution in [0.4, 0.5) is 0 Å². The van der Waals surface area contributed by atoms with E-state index in [1.54, 1.807) is 0 Å². The standard InChI is InChI=1S/C14H25NO2/c15-13(12-4-3-8-16-12)11-5-9-17-14(10-11)6-1-2-7-14/h11-13H,1-10,15H2. The quantitative estimate of drug-likeness (QED) is 0.803. The van der Waals surface area contributed by atoms with Gasteiger partial charge in [0, 0.05) is 19.3 Å². The van der Waals surface area contributed by atoms with E-state index < -0.39 is 0 Å². The lowest BCUT2D eigenvalue weighted by molar-refractivity contribution is -0.103. The average molecular weight is 239 g/mol. The molecule has 1 spiro atoms. The molecule has 2 heterocycles. The van der Waals surface area contributed by atoms with Crippen molar-refractivity contribution in [3.63, 3.8) is 0 Å². The van der Waals surface area contributed by atoms with E-state index >= 15 is 0 Å². The predicted molar refractivity (Wildman–Crippen MR) is 66.8 cm³/mol. The molecule has 3 fully saturated rings. The van der Waals surface area contributed by atoms with Crippen LogP contribution in [-0.2, 0) is 9.47 Å². The second-order valence-corrected chi connectivity index (χ2v) is 6.12. The summed E-state index contributed by atoms with van der Waals surface area (Å²) in [5.41, 5.74) is 6.62. The second-order valence-electron chi connectivity index (χ2n) is 6.12. The normalized spacial score (nSPS) is 38.6. The van der Waals surface area contributed by atoms with Gasteiger partial charge in [0.25, 0.3) is 0 Å². The van der Waals surface area contributed by atoms with E-state index in [0.29, 0.717) is 12.0 Å². The van der Waals surface area contributed by atoms with E-state index in [1.165, 1.54) is 38.5 Å². The van der Waals surface area contributed by atoms with E-state index in [2.05, 4.69) is 0 Å². The Hall–Kier alpha value is -0.120. The van der Waals surface area contributed by atoms with Gasteiger partial charge in [-0.15, -0.1) is 0 Å². The Labute approximate surface area is 104 Å². The number of ether oxygens (including phenoxy) is 2. The summed E-state index contributed by atoms with van der Waals surface area (Å²) in [6.45, 7) is 1.82. The van der Waals surface area contributed by atoms with Gasteiger partial charge in [0.1, 0.15) is 0 Å². The molecule has 17 heavy (non-hydrogen) atoms. The van der Waals surface area contributed by atoms with Gasteiger partial charge in [0.2, 0.25) is 0 Å². The van der Waals surface area contributed by atoms with Crippen LogP contribution in [0, 0.1) is 5.92 Å². The van der Waals surface area contributed by atoms with Gasteiger partial charge in [-0.1, -0.05) is 12.8 Å². The zero-order valence-corrected chi connectivity index (χ0v) is 10.7. The summed E-state index contributed by atoms with van der Waals surface area (Å²) >= 11 is 0. The Balaban J connectivity index is 1.62. The molecule has 3 rings (SSSR count). The highest BCUT2D eigenvalue weighted by Gasteiger charge is 2.43. The third-order valence-electron chi connectivity index (χ3n) is 4.98. The summed E-state index contributed by atoms with van der Waals surface area (Å²) in [7, 11) is 0. The highest BCUT2D eigenvalue weighted by Crippen LogP contribution is 2.43. The van der Waals surface area contributed by atoms with Gasteiger partial charge < -0.3 is 15.2 Å². The van der Waals surface area contributed by atoms with Crippen LogP contribution < -0.4 is 5.73 Å². The topological polar surface area (TPSA) is 44.5 Å². The van der Waals surface area contributed by atoms with E-state index in [1.807, 2.05) is 0 Å². The van der Waals surface area contributed by atoms with Crippen molar-refractivity contribution in [3.8, 4) is 0 Å². The van der Waals surface area contributed by atoms with Crippen molar-refractivity contribution in [3.05, 3.63) is 0 Å². The van der Waals surface area contributed by atoms with Crippen LogP contribution in [0.25, 0.3) is 0 Å². The summed E-state index contributed by atoms with van der Waals surface area (Å²) in [6, 6.07) is 0.235. The third-order valence-corrected chi connectivity index (χ3v) is 4.98. The van der Waals surface area contributed by atoms with Crippen molar-refractivity contribution in [2.75, 3.05) is 13.2 Å². The molecular formula is C14H25NO2. The molecule has 2 aliphatic heterocycles. The molecule has 1 saturated carbocycles. The average Bonchev–Trinajstić information content (AvgIpc) is 3.00. The first-order valence-electron chi connectivity index (χ1n) is 7.30. The van der Waals surface area contributed by atoms with Crippen molar-refractivity contribution in [1.29, 1.82) is 0 Å². The van der Waals surface area contributed by atoms with Crippen LogP contribution in [0.1, 0.15) is 51.4 Å². The molecule has 3 unspecified atom stereocenters. The fourth-order valence-corrected chi connectivity index (χ4v) is 3.97. The fraction of sp³-hybridized carbons (Fsp3) is 1.00. The third kappa shape index (κ3) is 2.38. The van der Waals surface area contributed by atoms with E-state index in [4.69, 9.17) is 15.2 Å². The summed E-state index contributed by atoms with van der Waals surface area (Å²) < 4.78 is 11.8. The first-order chi connectivity index (χ1) is 8.29. The van der Waals surface area contributed by atoms with E-state index in [9.17, 15) is 0 Å². The number of hydrogen-bond acceptors (Lipinski definition) is 3. The van der Waals surface area contributed by atoms with Crippen LogP contribution in [0.15, 0.2) is 0 Å². The fourth-order valence-electron chi connectivity index (χ4n) is 3.97. The van der Waals surface area contributed by atoms with Gasteiger partial charge in [0.05, 0.1) is 11.7 Å². The molecular weight excluding hydrogens is 214 g/mol. The predicted octanol–water partition coefficient (Wildman–Crippen LogP) is 2.23. The van der Waals surface area contributed by atoms with Crippen LogP contribution in [-0.4, -0.2) is 31.0 Å². The molecule has 2 saturated heterocycles. The largest absolute Gasteiger partial charge is 0.377 e. The Morgan fingerprint density at radius 1 is 1.06 bits per heavy atom. The lowest BCUT2D eigenvalue weighted by Gasteiger charge is -2.41. The van der Waals surface area contributed by atoms with Gasteiger partial charge in [-0.25, -0.2) is 0 Å². The number of hydrogen-bond donors (Lipinski definition) is 1. The maximum atomic E-state index is 6.42. The van der Waals surface area contributed by atoms with Crippen LogP contribution in [0.2, 0.25) is 0 Å². The molecule has 0 aromatic heterocycles. The summed E-state index contributed by atoms with van der Waals surface area (Å²) in [5, 5.41) is 0. The highest BCUT2D eigenvalue weighted by atomic mass is 16.5. The molecule has 0 radical (unpaired) electrons. The molecule has 0 bridgehead atoms. The van der Waals surface area contributed by atoms with Gasteiger partial charge in [-0.2, -0.15) is 0 Å². The molecule has 0 amide bonds. The summed E-state index contributed by atoms with van der Waals surface area (Å²) in [4.78, 5) is 0. The molecule has 0 aromatic carbocycles. The first kappa shape index (κ1) is 11.9. The van der Waals surface area contributed by atoms with Crippen molar-refractivity contribution < 1.29 is 9.47 Å². The van der Waals surface area contributed by atoms with Gasteiger partial charge in [-0.3, -0.25) is 0 Å². The minimum absolute atomic E-state index is 0.194. The van der Waals surface area contributed by atoms with Gasteiger partial charge in [-0.05, 0) is 44.4 Å². The van der Waals surface area contributed by atoms with Crippen molar-refractivity contribution in [1.82, 2.24) is 0 Å². The second kappa shape index (κ2) is 4.87. The smallest absolute Gasteiger partial charge is 0.0729 e. The van der Waals surface area contributed by atoms with Crippen molar-refractivity contribution in [2.45, 2.75) is 69.1 Å². The van der Waals surface area contributed by atoms with E-state index in [-0.39, 0.29) is 11.6 Å². The molecule has 0 aromatic rings. The lowest BCUT2D eigenvalue weighted by Crippen LogP contribution is -2.48. The molecule has 98 valence electrons. The molecule has 3 atom stereocenters. The maximum Gasteiger partial charge on any atom is 0.0729 e. The zero-order valence-electron chi connectivity index (χ0n) is 10.7. The van der Waals surface area contributed by atoms with Crippen LogP contribution in [0.3, 0.4) is 0 Å². The molecule has 3 nitrogen and oxygen atoms in total. The first-order valence-corrected chi connectivity index (χ1v) is 7.30. The minimum atomic E-state index is 0.194.